The Hall–Kier alpha value is -3.27. The highest BCUT2D eigenvalue weighted by molar-refractivity contribution is 9.10. The lowest BCUT2D eigenvalue weighted by atomic mass is 9.92. The lowest BCUT2D eigenvalue weighted by Crippen LogP contribution is -2.40. The van der Waals surface area contributed by atoms with Gasteiger partial charge >= 0.3 is 5.97 Å². The van der Waals surface area contributed by atoms with E-state index >= 15 is 0 Å². The van der Waals surface area contributed by atoms with Crippen LogP contribution in [0.5, 0.6) is 23.0 Å². The van der Waals surface area contributed by atoms with Gasteiger partial charge in [-0.1, -0.05) is 40.2 Å². The monoisotopic (exact) mass is 600 g/mol. The first-order chi connectivity index (χ1) is 18.9. The van der Waals surface area contributed by atoms with Crippen LogP contribution in [-0.4, -0.2) is 59.1 Å². The van der Waals surface area contributed by atoms with Gasteiger partial charge in [0.25, 0.3) is 0 Å². The van der Waals surface area contributed by atoms with Crippen molar-refractivity contribution in [3.05, 3.63) is 81.8 Å². The van der Waals surface area contributed by atoms with Crippen molar-refractivity contribution in [3.63, 3.8) is 0 Å². The Balaban J connectivity index is 1.67. The molecule has 3 aromatic rings. The predicted molar refractivity (Wildman–Crippen MR) is 155 cm³/mol. The van der Waals surface area contributed by atoms with Crippen molar-refractivity contribution in [1.29, 1.82) is 0 Å². The SMILES string of the molecule is COc1ccc(CCNCC(C(=O)O)C(NCCc2ccc(OC)c(OC)c2)c2ccc(Br)cc2)cc1OC. The molecule has 0 spiro atoms. The topological polar surface area (TPSA) is 98.3 Å². The maximum absolute atomic E-state index is 12.4. The smallest absolute Gasteiger partial charge is 0.309 e. The van der Waals surface area contributed by atoms with E-state index in [0.29, 0.717) is 49.1 Å². The minimum Gasteiger partial charge on any atom is -0.493 e. The molecule has 3 aromatic carbocycles. The standard InChI is InChI=1S/C30H37BrN2O6/c1-36-25-11-5-20(17-27(25)38-3)13-15-32-19-24(30(34)35)29(22-7-9-23(31)10-8-22)33-16-14-21-6-12-26(37-2)28(18-21)39-4/h5-12,17-18,24,29,32-33H,13-16,19H2,1-4H3,(H,34,35). The van der Waals surface area contributed by atoms with Crippen LogP contribution in [0.25, 0.3) is 0 Å². The number of aliphatic carboxylic acids is 1. The van der Waals surface area contributed by atoms with Gasteiger partial charge in [-0.25, -0.2) is 0 Å². The van der Waals surface area contributed by atoms with E-state index < -0.39 is 11.9 Å². The highest BCUT2D eigenvalue weighted by Gasteiger charge is 2.29. The van der Waals surface area contributed by atoms with Crippen molar-refractivity contribution < 1.29 is 28.8 Å². The fourth-order valence-corrected chi connectivity index (χ4v) is 4.71. The van der Waals surface area contributed by atoms with Gasteiger partial charge in [0.2, 0.25) is 0 Å². The molecule has 0 aliphatic carbocycles. The number of carboxylic acids is 1. The first-order valence-electron chi connectivity index (χ1n) is 12.7. The van der Waals surface area contributed by atoms with E-state index in [1.807, 2.05) is 60.7 Å². The van der Waals surface area contributed by atoms with Gasteiger partial charge in [0, 0.05) is 17.1 Å². The summed E-state index contributed by atoms with van der Waals surface area (Å²) in [5.74, 6) is 1.15. The second-order valence-electron chi connectivity index (χ2n) is 9.01. The number of halogens is 1. The van der Waals surface area contributed by atoms with Gasteiger partial charge in [0.15, 0.2) is 23.0 Å². The second kappa shape index (κ2) is 15.4. The number of carbonyl (C=O) groups is 1. The molecular formula is C30H37BrN2O6. The summed E-state index contributed by atoms with van der Waals surface area (Å²) >= 11 is 3.47. The number of hydrogen-bond acceptors (Lipinski definition) is 7. The molecule has 0 saturated carbocycles. The van der Waals surface area contributed by atoms with Crippen LogP contribution in [0.3, 0.4) is 0 Å². The molecule has 3 N–H and O–H groups in total. The zero-order chi connectivity index (χ0) is 28.2. The third-order valence-corrected chi connectivity index (χ3v) is 7.11. The zero-order valence-electron chi connectivity index (χ0n) is 22.8. The molecule has 0 aliphatic heterocycles. The predicted octanol–water partition coefficient (Wildman–Crippen LogP) is 4.89. The Morgan fingerprint density at radius 2 is 1.28 bits per heavy atom. The summed E-state index contributed by atoms with van der Waals surface area (Å²) in [4.78, 5) is 12.4. The van der Waals surface area contributed by atoms with Crippen LogP contribution in [0.1, 0.15) is 22.7 Å². The summed E-state index contributed by atoms with van der Waals surface area (Å²) in [6.45, 7) is 1.52. The number of rotatable bonds is 16. The quantitative estimate of drug-likeness (QED) is 0.200. The highest BCUT2D eigenvalue weighted by atomic mass is 79.9. The number of ether oxygens (including phenoxy) is 4. The van der Waals surface area contributed by atoms with Crippen LogP contribution < -0.4 is 29.6 Å². The second-order valence-corrected chi connectivity index (χ2v) is 9.93. The van der Waals surface area contributed by atoms with Crippen LogP contribution in [0, 0.1) is 5.92 Å². The van der Waals surface area contributed by atoms with E-state index in [1.54, 1.807) is 28.4 Å². The number of hydrogen-bond donors (Lipinski definition) is 3. The summed E-state index contributed by atoms with van der Waals surface area (Å²) in [6, 6.07) is 19.0. The Bertz CT molecular complexity index is 1200. The summed E-state index contributed by atoms with van der Waals surface area (Å²) < 4.78 is 22.4. The average molecular weight is 602 g/mol. The lowest BCUT2D eigenvalue weighted by Gasteiger charge is -2.26. The summed E-state index contributed by atoms with van der Waals surface area (Å²) in [7, 11) is 6.43. The molecule has 9 heteroatoms. The maximum Gasteiger partial charge on any atom is 0.309 e. The first kappa shape index (κ1) is 30.3. The van der Waals surface area contributed by atoms with Gasteiger partial charge in [-0.3, -0.25) is 4.79 Å². The van der Waals surface area contributed by atoms with Crippen LogP contribution in [0.15, 0.2) is 65.1 Å². The van der Waals surface area contributed by atoms with Crippen molar-refractivity contribution in [1.82, 2.24) is 10.6 Å². The maximum atomic E-state index is 12.4. The molecule has 0 aliphatic rings. The lowest BCUT2D eigenvalue weighted by molar-refractivity contribution is -0.142. The highest BCUT2D eigenvalue weighted by Crippen LogP contribution is 2.29. The van der Waals surface area contributed by atoms with Gasteiger partial charge in [-0.15, -0.1) is 0 Å². The fraction of sp³-hybridized carbons (Fsp3) is 0.367. The molecule has 0 aromatic heterocycles. The normalized spacial score (nSPS) is 12.4. The van der Waals surface area contributed by atoms with Crippen molar-refractivity contribution >= 4 is 21.9 Å². The molecule has 0 bridgehead atoms. The Morgan fingerprint density at radius 3 is 1.77 bits per heavy atom. The number of nitrogens with one attached hydrogen (secondary N) is 2. The minimum absolute atomic E-state index is 0.312. The van der Waals surface area contributed by atoms with Crippen molar-refractivity contribution in [3.8, 4) is 23.0 Å². The Labute approximate surface area is 238 Å². The van der Waals surface area contributed by atoms with E-state index in [2.05, 4.69) is 26.6 Å². The first-order valence-corrected chi connectivity index (χ1v) is 13.5. The van der Waals surface area contributed by atoms with E-state index in [1.165, 1.54) is 0 Å². The fourth-order valence-electron chi connectivity index (χ4n) is 4.44. The third kappa shape index (κ3) is 8.61. The van der Waals surface area contributed by atoms with Gasteiger partial charge in [0.05, 0.1) is 34.4 Å². The molecule has 0 heterocycles. The molecule has 8 nitrogen and oxygen atoms in total. The van der Waals surface area contributed by atoms with Crippen LogP contribution in [0.2, 0.25) is 0 Å². The van der Waals surface area contributed by atoms with Crippen LogP contribution in [0.4, 0.5) is 0 Å². The molecule has 210 valence electrons. The van der Waals surface area contributed by atoms with Gasteiger partial charge in [0.1, 0.15) is 0 Å². The van der Waals surface area contributed by atoms with E-state index in [4.69, 9.17) is 18.9 Å². The molecular weight excluding hydrogens is 564 g/mol. The van der Waals surface area contributed by atoms with Gasteiger partial charge < -0.3 is 34.7 Å². The molecule has 0 amide bonds. The minimum atomic E-state index is -0.861. The average Bonchev–Trinajstić information content (AvgIpc) is 2.95. The summed E-state index contributed by atoms with van der Waals surface area (Å²) in [5.41, 5.74) is 3.05. The zero-order valence-corrected chi connectivity index (χ0v) is 24.4. The molecule has 2 atom stereocenters. The van der Waals surface area contributed by atoms with Gasteiger partial charge in [-0.2, -0.15) is 0 Å². The van der Waals surface area contributed by atoms with Crippen molar-refractivity contribution in [2.24, 2.45) is 5.92 Å². The number of methoxy groups -OCH3 is 4. The number of benzene rings is 3. The third-order valence-electron chi connectivity index (χ3n) is 6.58. The number of carboxylic acid groups (broad SMARTS) is 1. The molecule has 3 rings (SSSR count). The molecule has 0 fully saturated rings. The molecule has 0 radical (unpaired) electrons. The Morgan fingerprint density at radius 1 is 0.769 bits per heavy atom. The van der Waals surface area contributed by atoms with Crippen LogP contribution in [-0.2, 0) is 17.6 Å². The van der Waals surface area contributed by atoms with Crippen LogP contribution >= 0.6 is 15.9 Å². The van der Waals surface area contributed by atoms with E-state index in [-0.39, 0.29) is 6.04 Å². The van der Waals surface area contributed by atoms with Crippen molar-refractivity contribution in [2.75, 3.05) is 48.1 Å². The van der Waals surface area contributed by atoms with Crippen molar-refractivity contribution in [2.45, 2.75) is 18.9 Å². The molecule has 0 saturated heterocycles. The Kier molecular flexibility index (Phi) is 11.9. The summed E-state index contributed by atoms with van der Waals surface area (Å²) in [5, 5.41) is 17.0. The van der Waals surface area contributed by atoms with E-state index in [9.17, 15) is 9.90 Å². The van der Waals surface area contributed by atoms with E-state index in [0.717, 1.165) is 27.6 Å². The van der Waals surface area contributed by atoms with Gasteiger partial charge in [-0.05, 0) is 79.0 Å². The molecule has 2 unspecified atom stereocenters. The summed E-state index contributed by atoms with van der Waals surface area (Å²) in [6.07, 6.45) is 1.43. The largest absolute Gasteiger partial charge is 0.493 e. The molecule has 39 heavy (non-hydrogen) atoms.